The van der Waals surface area contributed by atoms with Crippen LogP contribution in [0.1, 0.15) is 101 Å². The predicted octanol–water partition coefficient (Wildman–Crippen LogP) is 17.9. The van der Waals surface area contributed by atoms with Crippen molar-refractivity contribution in [3.05, 3.63) is 228 Å². The van der Waals surface area contributed by atoms with E-state index < -0.39 is 0 Å². The molecule has 0 unspecified atom stereocenters. The third-order valence-corrected chi connectivity index (χ3v) is 13.4. The molecule has 2 aliphatic heterocycles. The predicted molar refractivity (Wildman–Crippen MR) is 281 cm³/mol. The average Bonchev–Trinajstić information content (AvgIpc) is 3.87. The molecule has 0 amide bonds. The van der Waals surface area contributed by atoms with Crippen molar-refractivity contribution in [2.45, 2.75) is 79.1 Å². The largest absolute Gasteiger partial charge is 0.291 e. The van der Waals surface area contributed by atoms with Gasteiger partial charge in [0.05, 0.1) is 22.7 Å². The summed E-state index contributed by atoms with van der Waals surface area (Å²) >= 11 is 0. The first kappa shape index (κ1) is 42.6. The second kappa shape index (κ2) is 17.6. The zero-order valence-corrected chi connectivity index (χ0v) is 39.6. The average molecular weight is 861 g/mol. The standard InChI is InChI=1S/C62H60N4/c1-41(2)45-19-29-53(30-20-45)63-57-37-27-51(49-15-11-9-12-16-49)39-59(57)65(55-33-23-47(24-34-55)43(5)6)61(63)62-64(54-31-21-46(22-32-54)42(3)4)58-38-28-52(50-17-13-10-14-18-50)40-60(58)66(62)56-35-25-48(26-36-56)44(7)8/h9-44H,1-8H3/b62-61+. The van der Waals surface area contributed by atoms with Gasteiger partial charge in [-0.05, 0) is 141 Å². The quantitative estimate of drug-likeness (QED) is 0.136. The zero-order valence-electron chi connectivity index (χ0n) is 39.6. The minimum absolute atomic E-state index is 0.403. The van der Waals surface area contributed by atoms with Gasteiger partial charge in [-0.25, -0.2) is 0 Å². The van der Waals surface area contributed by atoms with E-state index in [1.54, 1.807) is 0 Å². The normalized spacial score (nSPS) is 14.6. The van der Waals surface area contributed by atoms with E-state index in [1.807, 2.05) is 0 Å². The van der Waals surface area contributed by atoms with Gasteiger partial charge in [0.15, 0.2) is 11.6 Å². The van der Waals surface area contributed by atoms with E-state index in [2.05, 4.69) is 269 Å². The molecule has 0 N–H and O–H groups in total. The maximum absolute atomic E-state index is 2.52. The topological polar surface area (TPSA) is 13.0 Å². The number of hydrogen-bond donors (Lipinski definition) is 0. The van der Waals surface area contributed by atoms with Crippen LogP contribution in [-0.4, -0.2) is 0 Å². The van der Waals surface area contributed by atoms with Gasteiger partial charge in [-0.1, -0.05) is 177 Å². The van der Waals surface area contributed by atoms with E-state index in [0.29, 0.717) is 23.7 Å². The smallest absolute Gasteiger partial charge is 0.166 e. The summed E-state index contributed by atoms with van der Waals surface area (Å²) in [6, 6.07) is 72.6. The highest BCUT2D eigenvalue weighted by Gasteiger charge is 2.45. The lowest BCUT2D eigenvalue weighted by Crippen LogP contribution is -2.33. The molecular weight excluding hydrogens is 801 g/mol. The van der Waals surface area contributed by atoms with E-state index in [4.69, 9.17) is 0 Å². The van der Waals surface area contributed by atoms with Crippen molar-refractivity contribution in [3.63, 3.8) is 0 Å². The Hall–Kier alpha value is -7.30. The summed E-state index contributed by atoms with van der Waals surface area (Å²) in [6.45, 7) is 18.2. The Labute approximate surface area is 392 Å². The minimum Gasteiger partial charge on any atom is -0.291 e. The van der Waals surface area contributed by atoms with Crippen LogP contribution in [0.15, 0.2) is 206 Å². The molecule has 328 valence electrons. The summed E-state index contributed by atoms with van der Waals surface area (Å²) in [5.74, 6) is 3.71. The summed E-state index contributed by atoms with van der Waals surface area (Å²) in [5.41, 5.74) is 18.8. The highest BCUT2D eigenvalue weighted by Crippen LogP contribution is 2.58. The molecule has 0 aliphatic carbocycles. The molecule has 8 aromatic carbocycles. The van der Waals surface area contributed by atoms with Crippen molar-refractivity contribution in [1.82, 2.24) is 0 Å². The molecule has 10 rings (SSSR count). The number of rotatable bonds is 10. The van der Waals surface area contributed by atoms with Gasteiger partial charge in [0.2, 0.25) is 0 Å². The molecule has 2 aliphatic rings. The van der Waals surface area contributed by atoms with E-state index in [1.165, 1.54) is 44.5 Å². The van der Waals surface area contributed by atoms with E-state index in [-0.39, 0.29) is 0 Å². The van der Waals surface area contributed by atoms with Crippen LogP contribution in [-0.2, 0) is 0 Å². The highest BCUT2D eigenvalue weighted by atomic mass is 15.5. The molecule has 0 fully saturated rings. The Kier molecular flexibility index (Phi) is 11.4. The number of anilines is 8. The summed E-state index contributed by atoms with van der Waals surface area (Å²) in [4.78, 5) is 10.1. The third-order valence-electron chi connectivity index (χ3n) is 13.4. The van der Waals surface area contributed by atoms with E-state index in [9.17, 15) is 0 Å². The van der Waals surface area contributed by atoms with Crippen LogP contribution in [0.2, 0.25) is 0 Å². The minimum atomic E-state index is 0.403. The summed E-state index contributed by atoms with van der Waals surface area (Å²) in [5, 5.41) is 0. The van der Waals surface area contributed by atoms with Crippen LogP contribution >= 0.6 is 0 Å². The van der Waals surface area contributed by atoms with Gasteiger partial charge in [-0.2, -0.15) is 0 Å². The Balaban J connectivity index is 1.34. The number of hydrogen-bond acceptors (Lipinski definition) is 4. The third kappa shape index (κ3) is 7.75. The molecule has 0 spiro atoms. The molecular formula is C62H60N4. The molecule has 0 aromatic heterocycles. The molecule has 8 aromatic rings. The van der Waals surface area contributed by atoms with E-state index >= 15 is 0 Å². The first-order valence-electron chi connectivity index (χ1n) is 23.8. The molecule has 0 bridgehead atoms. The van der Waals surface area contributed by atoms with Crippen molar-refractivity contribution < 1.29 is 0 Å². The second-order valence-electron chi connectivity index (χ2n) is 19.1. The fourth-order valence-electron chi connectivity index (χ4n) is 9.54. The van der Waals surface area contributed by atoms with Gasteiger partial charge < -0.3 is 0 Å². The highest BCUT2D eigenvalue weighted by molar-refractivity contribution is 6.01. The van der Waals surface area contributed by atoms with Crippen molar-refractivity contribution in [1.29, 1.82) is 0 Å². The lowest BCUT2D eigenvalue weighted by molar-refractivity contribution is 0.865. The Bertz CT molecular complexity index is 2790. The molecule has 0 saturated carbocycles. The molecule has 0 atom stereocenters. The fraction of sp³-hybridized carbons (Fsp3) is 0.194. The fourth-order valence-corrected chi connectivity index (χ4v) is 9.54. The van der Waals surface area contributed by atoms with Gasteiger partial charge in [0.25, 0.3) is 0 Å². The van der Waals surface area contributed by atoms with Crippen LogP contribution in [0.5, 0.6) is 0 Å². The SMILES string of the molecule is CC(C)c1ccc(N2/C(=C3/N(c4ccc(C(C)C)cc4)c4ccc(-c5ccccc5)cc4N3c3ccc(C(C)C)cc3)N(c3ccc(C(C)C)cc3)c3cc(-c4ccccc4)ccc32)cc1. The Morgan fingerprint density at radius 2 is 0.500 bits per heavy atom. The molecule has 4 nitrogen and oxygen atoms in total. The van der Waals surface area contributed by atoms with Crippen molar-refractivity contribution in [2.75, 3.05) is 19.6 Å². The maximum Gasteiger partial charge on any atom is 0.166 e. The summed E-state index contributed by atoms with van der Waals surface area (Å²) in [7, 11) is 0. The van der Waals surface area contributed by atoms with Crippen molar-refractivity contribution >= 4 is 45.5 Å². The van der Waals surface area contributed by atoms with Gasteiger partial charge >= 0.3 is 0 Å². The second-order valence-corrected chi connectivity index (χ2v) is 19.1. The Morgan fingerprint density at radius 1 is 0.242 bits per heavy atom. The Morgan fingerprint density at radius 3 is 0.758 bits per heavy atom. The van der Waals surface area contributed by atoms with Crippen LogP contribution in [0.25, 0.3) is 22.3 Å². The molecule has 0 radical (unpaired) electrons. The molecule has 0 saturated heterocycles. The first-order valence-corrected chi connectivity index (χ1v) is 23.8. The van der Waals surface area contributed by atoms with Crippen LogP contribution in [0.4, 0.5) is 45.5 Å². The van der Waals surface area contributed by atoms with Gasteiger partial charge in [-0.3, -0.25) is 19.6 Å². The van der Waals surface area contributed by atoms with Gasteiger partial charge in [0, 0.05) is 22.7 Å². The molecule has 66 heavy (non-hydrogen) atoms. The van der Waals surface area contributed by atoms with Crippen LogP contribution in [0.3, 0.4) is 0 Å². The zero-order chi connectivity index (χ0) is 45.6. The van der Waals surface area contributed by atoms with Crippen molar-refractivity contribution in [2.24, 2.45) is 0 Å². The molecule has 2 heterocycles. The molecule has 4 heteroatoms. The number of fused-ring (bicyclic) bond motifs is 2. The first-order chi connectivity index (χ1) is 32.0. The van der Waals surface area contributed by atoms with Crippen LogP contribution in [0, 0.1) is 0 Å². The summed E-state index contributed by atoms with van der Waals surface area (Å²) < 4.78 is 0. The number of benzene rings is 8. The summed E-state index contributed by atoms with van der Waals surface area (Å²) in [6.07, 6.45) is 0. The number of nitrogens with zero attached hydrogens (tertiary/aromatic N) is 4. The lowest BCUT2D eigenvalue weighted by atomic mass is 10.0. The van der Waals surface area contributed by atoms with Crippen molar-refractivity contribution in [3.8, 4) is 22.3 Å². The lowest BCUT2D eigenvalue weighted by Gasteiger charge is -2.34. The van der Waals surface area contributed by atoms with Gasteiger partial charge in [0.1, 0.15) is 0 Å². The monoisotopic (exact) mass is 860 g/mol. The maximum atomic E-state index is 2.52. The van der Waals surface area contributed by atoms with Crippen LogP contribution < -0.4 is 19.6 Å². The van der Waals surface area contributed by atoms with Gasteiger partial charge in [-0.15, -0.1) is 0 Å². The van der Waals surface area contributed by atoms with E-state index in [0.717, 1.165) is 57.1 Å².